The third-order valence-corrected chi connectivity index (χ3v) is 6.30. The number of sulfonamides is 1. The van der Waals surface area contributed by atoms with Crippen molar-refractivity contribution in [3.8, 4) is 0 Å². The number of nitrogens with one attached hydrogen (secondary N) is 1. The minimum absolute atomic E-state index is 0.0316. The number of benzene rings is 2. The van der Waals surface area contributed by atoms with E-state index in [0.717, 1.165) is 5.56 Å². The molecule has 0 saturated carbocycles. The first kappa shape index (κ1) is 22.4. The van der Waals surface area contributed by atoms with Crippen LogP contribution in [-0.2, 0) is 14.8 Å². The Hall–Kier alpha value is -3.27. The zero-order valence-corrected chi connectivity index (χ0v) is 18.2. The Bertz CT molecular complexity index is 1080. The fourth-order valence-electron chi connectivity index (χ4n) is 3.36. The van der Waals surface area contributed by atoms with Crippen LogP contribution in [-0.4, -0.2) is 63.3 Å². The molecule has 1 heterocycles. The summed E-state index contributed by atoms with van der Waals surface area (Å²) in [5, 5.41) is 9.36. The molecular weight excluding hydrogens is 422 g/mol. The fraction of sp³-hybridized carbons (Fsp3) is 0.333. The van der Waals surface area contributed by atoms with Crippen LogP contribution in [0.4, 0.5) is 16.2 Å². The molecule has 31 heavy (non-hydrogen) atoms. The number of amides is 1. The maximum atomic E-state index is 12.9. The predicted octanol–water partition coefficient (Wildman–Crippen LogP) is 2.77. The zero-order chi connectivity index (χ0) is 22.6. The van der Waals surface area contributed by atoms with E-state index in [1.807, 2.05) is 4.90 Å². The number of ether oxygens (including phenoxy) is 1. The molecule has 1 aliphatic rings. The molecule has 0 spiro atoms. The van der Waals surface area contributed by atoms with Gasteiger partial charge in [-0.15, -0.1) is 0 Å². The molecule has 2 N–H and O–H groups in total. The molecule has 0 aromatic heterocycles. The summed E-state index contributed by atoms with van der Waals surface area (Å²) in [6, 6.07) is 10.8. The van der Waals surface area contributed by atoms with Gasteiger partial charge in [0.25, 0.3) is 10.0 Å². The SMILES string of the molecule is CCOC(=O)N1CCN(c2ccc(C(=O)O)cc2NS(=O)(=O)c2cccc(C)c2)CC1. The third kappa shape index (κ3) is 5.26. The Morgan fingerprint density at radius 1 is 1.10 bits per heavy atom. The van der Waals surface area contributed by atoms with Crippen molar-refractivity contribution < 1.29 is 27.9 Å². The van der Waals surface area contributed by atoms with Crippen LogP contribution in [0.1, 0.15) is 22.8 Å². The van der Waals surface area contributed by atoms with Crippen LogP contribution in [0.5, 0.6) is 0 Å². The first-order valence-electron chi connectivity index (χ1n) is 9.84. The molecule has 0 atom stereocenters. The van der Waals surface area contributed by atoms with Crippen molar-refractivity contribution in [2.75, 3.05) is 42.4 Å². The minimum atomic E-state index is -3.93. The van der Waals surface area contributed by atoms with Crippen molar-refractivity contribution in [3.05, 3.63) is 53.6 Å². The van der Waals surface area contributed by atoms with E-state index in [1.165, 1.54) is 18.2 Å². The molecule has 1 amide bonds. The number of carboxylic acid groups (broad SMARTS) is 1. The van der Waals surface area contributed by atoms with Crippen molar-refractivity contribution in [1.29, 1.82) is 0 Å². The molecule has 0 aliphatic carbocycles. The van der Waals surface area contributed by atoms with Gasteiger partial charge in [0.2, 0.25) is 0 Å². The van der Waals surface area contributed by atoms with Crippen LogP contribution in [0.3, 0.4) is 0 Å². The van der Waals surface area contributed by atoms with E-state index in [1.54, 1.807) is 43.0 Å². The van der Waals surface area contributed by atoms with Crippen molar-refractivity contribution in [2.45, 2.75) is 18.7 Å². The number of carboxylic acids is 1. The number of carbonyl (C=O) groups is 2. The summed E-state index contributed by atoms with van der Waals surface area (Å²) in [6.07, 6.45) is -0.385. The average molecular weight is 448 g/mol. The Morgan fingerprint density at radius 2 is 1.81 bits per heavy atom. The maximum Gasteiger partial charge on any atom is 0.409 e. The van der Waals surface area contributed by atoms with Crippen molar-refractivity contribution in [1.82, 2.24) is 4.90 Å². The molecule has 166 valence electrons. The number of rotatable bonds is 6. The largest absolute Gasteiger partial charge is 0.478 e. The topological polar surface area (TPSA) is 116 Å². The summed E-state index contributed by atoms with van der Waals surface area (Å²) in [4.78, 5) is 27.0. The predicted molar refractivity (Wildman–Crippen MR) is 116 cm³/mol. The highest BCUT2D eigenvalue weighted by atomic mass is 32.2. The van der Waals surface area contributed by atoms with Crippen LogP contribution in [0.25, 0.3) is 0 Å². The van der Waals surface area contributed by atoms with E-state index >= 15 is 0 Å². The summed E-state index contributed by atoms with van der Waals surface area (Å²) in [5.74, 6) is -1.16. The Labute approximate surface area is 181 Å². The molecule has 0 unspecified atom stereocenters. The number of anilines is 2. The van der Waals surface area contributed by atoms with E-state index in [9.17, 15) is 23.1 Å². The molecule has 1 aliphatic heterocycles. The second-order valence-corrected chi connectivity index (χ2v) is 8.81. The normalized spacial score (nSPS) is 14.3. The molecule has 2 aromatic carbocycles. The minimum Gasteiger partial charge on any atom is -0.478 e. The molecule has 10 heteroatoms. The Kier molecular flexibility index (Phi) is 6.69. The van der Waals surface area contributed by atoms with Crippen LogP contribution >= 0.6 is 0 Å². The molecule has 0 radical (unpaired) electrons. The van der Waals surface area contributed by atoms with Crippen LogP contribution < -0.4 is 9.62 Å². The number of hydrogen-bond donors (Lipinski definition) is 2. The Morgan fingerprint density at radius 3 is 2.42 bits per heavy atom. The summed E-state index contributed by atoms with van der Waals surface area (Å²) < 4.78 is 33.4. The van der Waals surface area contributed by atoms with Gasteiger partial charge >= 0.3 is 12.1 Å². The molecule has 2 aromatic rings. The second kappa shape index (κ2) is 9.25. The van der Waals surface area contributed by atoms with Crippen LogP contribution in [0.15, 0.2) is 47.4 Å². The van der Waals surface area contributed by atoms with Gasteiger partial charge in [0.05, 0.1) is 28.4 Å². The highest BCUT2D eigenvalue weighted by Gasteiger charge is 2.25. The van der Waals surface area contributed by atoms with Crippen LogP contribution in [0, 0.1) is 6.92 Å². The van der Waals surface area contributed by atoms with E-state index in [-0.39, 0.29) is 22.2 Å². The Balaban J connectivity index is 1.88. The van der Waals surface area contributed by atoms with Gasteiger partial charge in [-0.3, -0.25) is 4.72 Å². The fourth-order valence-corrected chi connectivity index (χ4v) is 4.53. The summed E-state index contributed by atoms with van der Waals surface area (Å²) >= 11 is 0. The number of piperazine rings is 1. The number of hydrogen-bond acceptors (Lipinski definition) is 6. The van der Waals surface area contributed by atoms with Gasteiger partial charge in [0.1, 0.15) is 0 Å². The quantitative estimate of drug-likeness (QED) is 0.699. The van der Waals surface area contributed by atoms with E-state index in [0.29, 0.717) is 38.5 Å². The van der Waals surface area contributed by atoms with Gasteiger partial charge < -0.3 is 19.6 Å². The smallest absolute Gasteiger partial charge is 0.409 e. The first-order chi connectivity index (χ1) is 14.7. The second-order valence-electron chi connectivity index (χ2n) is 7.13. The monoisotopic (exact) mass is 447 g/mol. The zero-order valence-electron chi connectivity index (χ0n) is 17.4. The third-order valence-electron chi connectivity index (χ3n) is 4.93. The van der Waals surface area contributed by atoms with E-state index in [4.69, 9.17) is 4.74 Å². The van der Waals surface area contributed by atoms with Gasteiger partial charge in [0, 0.05) is 26.2 Å². The first-order valence-corrected chi connectivity index (χ1v) is 11.3. The number of carbonyl (C=O) groups excluding carboxylic acids is 1. The lowest BCUT2D eigenvalue weighted by molar-refractivity contribution is 0.0696. The van der Waals surface area contributed by atoms with Crippen LogP contribution in [0.2, 0.25) is 0 Å². The molecule has 0 bridgehead atoms. The lowest BCUT2D eigenvalue weighted by Gasteiger charge is -2.36. The number of aromatic carboxylic acids is 1. The summed E-state index contributed by atoms with van der Waals surface area (Å²) in [7, 11) is -3.93. The van der Waals surface area contributed by atoms with Gasteiger partial charge in [0.15, 0.2) is 0 Å². The van der Waals surface area contributed by atoms with E-state index < -0.39 is 16.0 Å². The van der Waals surface area contributed by atoms with Crippen molar-refractivity contribution >= 4 is 33.5 Å². The molecule has 1 fully saturated rings. The standard InChI is InChI=1S/C21H25N3O6S/c1-3-30-21(27)24-11-9-23(10-12-24)19-8-7-16(20(25)26)14-18(19)22-31(28,29)17-6-4-5-15(2)13-17/h4-8,13-14,22H,3,9-12H2,1-2H3,(H,25,26). The summed E-state index contributed by atoms with van der Waals surface area (Å²) in [5.41, 5.74) is 1.48. The molecule has 3 rings (SSSR count). The van der Waals surface area contributed by atoms with Gasteiger partial charge in [-0.1, -0.05) is 12.1 Å². The molecule has 9 nitrogen and oxygen atoms in total. The highest BCUT2D eigenvalue weighted by Crippen LogP contribution is 2.30. The number of nitrogens with zero attached hydrogens (tertiary/aromatic N) is 2. The van der Waals surface area contributed by atoms with Gasteiger partial charge in [-0.05, 0) is 49.7 Å². The lowest BCUT2D eigenvalue weighted by Crippen LogP contribution is -2.49. The average Bonchev–Trinajstić information content (AvgIpc) is 2.74. The molecular formula is C21H25N3O6S. The van der Waals surface area contributed by atoms with Crippen molar-refractivity contribution in [3.63, 3.8) is 0 Å². The summed E-state index contributed by atoms with van der Waals surface area (Å²) in [6.45, 7) is 5.53. The van der Waals surface area contributed by atoms with Gasteiger partial charge in [-0.2, -0.15) is 0 Å². The number of aryl methyl sites for hydroxylation is 1. The lowest BCUT2D eigenvalue weighted by atomic mass is 10.1. The highest BCUT2D eigenvalue weighted by molar-refractivity contribution is 7.92. The molecule has 1 saturated heterocycles. The van der Waals surface area contributed by atoms with E-state index in [2.05, 4.69) is 4.72 Å². The van der Waals surface area contributed by atoms with Gasteiger partial charge in [-0.25, -0.2) is 18.0 Å². The maximum absolute atomic E-state index is 12.9. The van der Waals surface area contributed by atoms with Crippen molar-refractivity contribution in [2.24, 2.45) is 0 Å².